The van der Waals surface area contributed by atoms with Gasteiger partial charge in [-0.1, -0.05) is 70.8 Å². The number of aromatic nitrogens is 1. The van der Waals surface area contributed by atoms with Gasteiger partial charge in [-0.3, -0.25) is 0 Å². The molecule has 0 saturated heterocycles. The molecular formula is C48H65NO5S. The Balaban J connectivity index is 0.000000214. The Hall–Kier alpha value is -3.15. The number of hydrogen-bond acceptors (Lipinski definition) is 7. The second-order valence-electron chi connectivity index (χ2n) is 17.9. The third-order valence-electron chi connectivity index (χ3n) is 12.7. The van der Waals surface area contributed by atoms with E-state index in [-0.39, 0.29) is 11.4 Å². The summed E-state index contributed by atoms with van der Waals surface area (Å²) in [5, 5.41) is 30.2. The van der Waals surface area contributed by atoms with Crippen molar-refractivity contribution in [3.63, 3.8) is 0 Å². The first-order valence-corrected chi connectivity index (χ1v) is 21.6. The molecule has 2 heterocycles. The molecule has 3 N–H and O–H groups in total. The van der Waals surface area contributed by atoms with E-state index in [4.69, 9.17) is 4.74 Å². The van der Waals surface area contributed by atoms with Crippen molar-refractivity contribution in [2.75, 3.05) is 12.4 Å². The Morgan fingerprint density at radius 3 is 2.62 bits per heavy atom. The first-order valence-electron chi connectivity index (χ1n) is 20.6. The van der Waals surface area contributed by atoms with Gasteiger partial charge in [-0.2, -0.15) is 0 Å². The van der Waals surface area contributed by atoms with E-state index in [0.717, 1.165) is 35.5 Å². The van der Waals surface area contributed by atoms with Crippen LogP contribution in [0.15, 0.2) is 76.9 Å². The number of rotatable bonds is 8. The van der Waals surface area contributed by atoms with Crippen LogP contribution in [0.1, 0.15) is 146 Å². The summed E-state index contributed by atoms with van der Waals surface area (Å²) in [7, 11) is 0. The molecular weight excluding hydrogens is 703 g/mol. The van der Waals surface area contributed by atoms with Gasteiger partial charge in [0.25, 0.3) is 0 Å². The molecule has 7 heteroatoms. The first kappa shape index (κ1) is 43.0. The van der Waals surface area contributed by atoms with Crippen LogP contribution in [0.4, 0.5) is 0 Å². The van der Waals surface area contributed by atoms with E-state index in [1.807, 2.05) is 25.6 Å². The van der Waals surface area contributed by atoms with E-state index in [1.54, 1.807) is 24.6 Å². The van der Waals surface area contributed by atoms with Crippen LogP contribution in [0.5, 0.6) is 0 Å². The number of thioether (sulfide) groups is 1. The van der Waals surface area contributed by atoms with Crippen molar-refractivity contribution in [1.82, 2.24) is 4.98 Å². The van der Waals surface area contributed by atoms with Crippen molar-refractivity contribution in [3.8, 4) is 11.8 Å². The number of carbonyl (C=O) groups excluding carboxylic acids is 1. The van der Waals surface area contributed by atoms with E-state index in [1.165, 1.54) is 67.4 Å². The number of hydrogen-bond donors (Lipinski definition) is 3. The molecule has 55 heavy (non-hydrogen) atoms. The van der Waals surface area contributed by atoms with Crippen LogP contribution < -0.4 is 0 Å². The molecule has 1 aromatic carbocycles. The molecule has 2 aromatic rings. The Kier molecular flexibility index (Phi) is 14.4. The lowest BCUT2D eigenvalue weighted by Gasteiger charge is -2.44. The lowest BCUT2D eigenvalue weighted by molar-refractivity contribution is 0.0525. The minimum Gasteiger partial charge on any atom is -0.462 e. The normalized spacial score (nSPS) is 27.9. The molecule has 0 amide bonds. The van der Waals surface area contributed by atoms with Gasteiger partial charge in [0.2, 0.25) is 0 Å². The van der Waals surface area contributed by atoms with Crippen LogP contribution in [0.3, 0.4) is 0 Å². The summed E-state index contributed by atoms with van der Waals surface area (Å²) < 4.78 is 4.95. The van der Waals surface area contributed by atoms with Crippen molar-refractivity contribution < 1.29 is 24.9 Å². The summed E-state index contributed by atoms with van der Waals surface area (Å²) in [6.07, 6.45) is 16.5. The van der Waals surface area contributed by atoms with Gasteiger partial charge in [-0.25, -0.2) is 9.78 Å². The quantitative estimate of drug-likeness (QED) is 0.182. The van der Waals surface area contributed by atoms with Crippen LogP contribution in [0.2, 0.25) is 0 Å². The Morgan fingerprint density at radius 1 is 1.13 bits per heavy atom. The third kappa shape index (κ3) is 11.0. The van der Waals surface area contributed by atoms with Crippen molar-refractivity contribution in [3.05, 3.63) is 94.4 Å². The van der Waals surface area contributed by atoms with Crippen molar-refractivity contribution in [1.29, 1.82) is 0 Å². The summed E-state index contributed by atoms with van der Waals surface area (Å²) in [5.74, 6) is 9.17. The number of nitrogens with zero attached hydrogens (tertiary/aromatic N) is 1. The lowest BCUT2D eigenvalue weighted by Crippen LogP contribution is -2.36. The highest BCUT2D eigenvalue weighted by Gasteiger charge is 2.50. The molecule has 0 radical (unpaired) electrons. The molecule has 3 aliphatic carbocycles. The predicted octanol–water partition coefficient (Wildman–Crippen LogP) is 10.1. The van der Waals surface area contributed by atoms with Crippen LogP contribution >= 0.6 is 11.8 Å². The lowest BCUT2D eigenvalue weighted by atomic mass is 9.60. The van der Waals surface area contributed by atoms with Crippen LogP contribution in [0.25, 0.3) is 0 Å². The van der Waals surface area contributed by atoms with Gasteiger partial charge in [-0.15, -0.1) is 11.8 Å². The molecule has 6 rings (SSSR count). The molecule has 298 valence electrons. The molecule has 0 bridgehead atoms. The number of ether oxygens (including phenoxy) is 1. The van der Waals surface area contributed by atoms with Crippen LogP contribution in [-0.4, -0.2) is 56.4 Å². The smallest absolute Gasteiger partial charge is 0.339 e. The summed E-state index contributed by atoms with van der Waals surface area (Å²) in [5.41, 5.74) is 6.81. The maximum Gasteiger partial charge on any atom is 0.339 e. The third-order valence-corrected chi connectivity index (χ3v) is 13.8. The number of allylic oxidation sites excluding steroid dienone is 3. The molecule has 0 unspecified atom stereocenters. The average Bonchev–Trinajstić information content (AvgIpc) is 3.49. The standard InChI is InChI=1S/C27H44O3.C21H21NO2S/c1-18(8-6-14-26(3,4)30)23-12-13-24-20(9-7-15-27(23,24)5)10-11-21-16-22(28)17-25(29)19(21)2;1-4-24-20(23)16-7-9-17(22-14-16)8-5-15-6-10-19-18(13-15)21(2,3)11-12-25-19/h10-11,18,22-25,28-30H,2,6-9,12-17H2,1,3-5H3;6-7,9-10,13-14H,4,11-12H2,1-3H3/b20-10+,21-11-;/t18-,22-,23-,24+,25+,27-;/m1./s1. The summed E-state index contributed by atoms with van der Waals surface area (Å²) in [6.45, 7) is 19.6. The zero-order valence-corrected chi connectivity index (χ0v) is 35.2. The fourth-order valence-electron chi connectivity index (χ4n) is 9.49. The fraction of sp³-hybridized carbons (Fsp3) is 0.583. The number of carbonyl (C=O) groups is 1. The zero-order valence-electron chi connectivity index (χ0n) is 34.4. The second kappa shape index (κ2) is 18.4. The topological polar surface area (TPSA) is 99.9 Å². The van der Waals surface area contributed by atoms with E-state index in [0.29, 0.717) is 48.0 Å². The highest BCUT2D eigenvalue weighted by molar-refractivity contribution is 7.99. The number of fused-ring (bicyclic) bond motifs is 2. The SMILES string of the molecule is C=C1/C(=C\C=C2/CCC[C@]3(C)[C@@H]([C@H](C)CCCC(C)(C)O)CC[C@@H]23)C[C@@H](O)C[C@@H]1O.CCOC(=O)c1ccc(C#Cc2ccc3c(c2)C(C)(C)CCS3)nc1. The first-order chi connectivity index (χ1) is 26.0. The van der Waals surface area contributed by atoms with Gasteiger partial charge in [0.05, 0.1) is 30.0 Å². The predicted molar refractivity (Wildman–Crippen MR) is 225 cm³/mol. The Morgan fingerprint density at radius 2 is 1.91 bits per heavy atom. The Labute approximate surface area is 335 Å². The van der Waals surface area contributed by atoms with Crippen LogP contribution in [0, 0.1) is 35.0 Å². The van der Waals surface area contributed by atoms with Gasteiger partial charge in [0, 0.05) is 23.1 Å². The highest BCUT2D eigenvalue weighted by Crippen LogP contribution is 2.60. The van der Waals surface area contributed by atoms with Crippen molar-refractivity contribution in [2.24, 2.45) is 23.2 Å². The average molecular weight is 768 g/mol. The molecule has 3 saturated carbocycles. The van der Waals surface area contributed by atoms with E-state index >= 15 is 0 Å². The molecule has 1 aliphatic heterocycles. The van der Waals surface area contributed by atoms with Crippen LogP contribution in [-0.2, 0) is 10.2 Å². The minimum atomic E-state index is -0.615. The zero-order chi connectivity index (χ0) is 40.0. The summed E-state index contributed by atoms with van der Waals surface area (Å²) in [6, 6.07) is 9.87. The summed E-state index contributed by atoms with van der Waals surface area (Å²) in [4.78, 5) is 17.2. The van der Waals surface area contributed by atoms with Crippen molar-refractivity contribution in [2.45, 2.75) is 147 Å². The molecule has 6 atom stereocenters. The van der Waals surface area contributed by atoms with Gasteiger partial charge in [-0.05, 0) is 159 Å². The second-order valence-corrected chi connectivity index (χ2v) is 19.1. The van der Waals surface area contributed by atoms with E-state index in [9.17, 15) is 20.1 Å². The Bertz CT molecular complexity index is 1790. The van der Waals surface area contributed by atoms with Gasteiger partial charge < -0.3 is 20.1 Å². The molecule has 6 nitrogen and oxygen atoms in total. The van der Waals surface area contributed by atoms with Gasteiger partial charge >= 0.3 is 5.97 Å². The number of pyridine rings is 1. The molecule has 4 aliphatic rings. The van der Waals surface area contributed by atoms with E-state index in [2.05, 4.69) is 81.4 Å². The minimum absolute atomic E-state index is 0.192. The van der Waals surface area contributed by atoms with Crippen molar-refractivity contribution >= 4 is 17.7 Å². The highest BCUT2D eigenvalue weighted by atomic mass is 32.2. The molecule has 1 aromatic heterocycles. The molecule has 0 spiro atoms. The van der Waals surface area contributed by atoms with Gasteiger partial charge in [0.1, 0.15) is 5.69 Å². The number of aliphatic hydroxyl groups is 3. The fourth-order valence-corrected chi connectivity index (χ4v) is 11.0. The largest absolute Gasteiger partial charge is 0.462 e. The molecule has 3 fully saturated rings. The number of aliphatic hydroxyl groups excluding tert-OH is 2. The monoisotopic (exact) mass is 767 g/mol. The van der Waals surface area contributed by atoms with Gasteiger partial charge in [0.15, 0.2) is 0 Å². The number of esters is 1. The summed E-state index contributed by atoms with van der Waals surface area (Å²) >= 11 is 1.92. The maximum absolute atomic E-state index is 11.6. The number of benzene rings is 1. The van der Waals surface area contributed by atoms with E-state index < -0.39 is 17.8 Å². The maximum atomic E-state index is 11.6.